The van der Waals surface area contributed by atoms with Gasteiger partial charge in [-0.2, -0.15) is 9.97 Å². The van der Waals surface area contributed by atoms with E-state index in [2.05, 4.69) is 9.97 Å². The number of Topliss-reactive ketones (excluding diaryl/α,β-unsaturated/α-hetero) is 3. The highest BCUT2D eigenvalue weighted by Gasteiger charge is 2.76. The van der Waals surface area contributed by atoms with E-state index in [-0.39, 0.29) is 38.1 Å². The molecule has 1 unspecified atom stereocenters. The molecular weight excluding hydrogens is 624 g/mol. The van der Waals surface area contributed by atoms with Crippen molar-refractivity contribution in [3.05, 3.63) is 123 Å². The lowest BCUT2D eigenvalue weighted by Crippen LogP contribution is -2.68. The second kappa shape index (κ2) is 11.4. The Morgan fingerprint density at radius 1 is 0.867 bits per heavy atom. The largest absolute Gasteiger partial charge is 0.380 e. The van der Waals surface area contributed by atoms with E-state index in [0.29, 0.717) is 15.9 Å². The molecular formula is C31H23ClN4O8S. The van der Waals surface area contributed by atoms with E-state index in [1.54, 1.807) is 30.3 Å². The Hall–Kier alpha value is -4.63. The highest BCUT2D eigenvalue weighted by Crippen LogP contribution is 2.51. The number of thiazole rings is 1. The van der Waals surface area contributed by atoms with Gasteiger partial charge < -0.3 is 25.8 Å². The van der Waals surface area contributed by atoms with E-state index < -0.39 is 51.9 Å². The van der Waals surface area contributed by atoms with Crippen molar-refractivity contribution in [2.45, 2.75) is 29.6 Å². The number of nitrogens with zero attached hydrogens (tertiary/aromatic N) is 3. The van der Waals surface area contributed by atoms with Crippen molar-refractivity contribution in [3.63, 3.8) is 0 Å². The number of nitrogens with two attached hydrogens (primary N) is 1. The van der Waals surface area contributed by atoms with Crippen LogP contribution >= 0.6 is 22.9 Å². The van der Waals surface area contributed by atoms with Gasteiger partial charge in [-0.3, -0.25) is 23.7 Å². The number of nitrogen functional groups attached to an aromatic ring is 1. The Balaban J connectivity index is 1.65. The SMILES string of the molecule is Nc1nc(Cl)c2sc(=O)n([C@@H]3O[C@H](C(=O)C(O)c4ccccc4)[C@](O)(C(=O)c4ccccc4)[C@]3(O)C(=O)c3ccccc3)c2n1. The number of carbonyl (C=O) groups excluding carboxylic acids is 3. The third kappa shape index (κ3) is 4.68. The van der Waals surface area contributed by atoms with Crippen LogP contribution < -0.4 is 10.6 Å². The molecule has 1 fully saturated rings. The summed E-state index contributed by atoms with van der Waals surface area (Å²) in [7, 11) is 0. The molecule has 0 saturated carbocycles. The molecule has 5 aromatic rings. The van der Waals surface area contributed by atoms with Gasteiger partial charge in [-0.15, -0.1) is 0 Å². The number of ketones is 3. The summed E-state index contributed by atoms with van der Waals surface area (Å²) in [6, 6.07) is 21.9. The van der Waals surface area contributed by atoms with Crippen LogP contribution in [0.1, 0.15) is 38.6 Å². The zero-order valence-electron chi connectivity index (χ0n) is 23.0. The highest BCUT2D eigenvalue weighted by atomic mass is 35.5. The Kier molecular flexibility index (Phi) is 7.69. The first-order chi connectivity index (χ1) is 21.5. The van der Waals surface area contributed by atoms with Gasteiger partial charge in [0.15, 0.2) is 28.9 Å². The molecule has 5 N–H and O–H groups in total. The van der Waals surface area contributed by atoms with Crippen LogP contribution in [0.2, 0.25) is 5.15 Å². The maximum absolute atomic E-state index is 14.4. The van der Waals surface area contributed by atoms with Gasteiger partial charge in [-0.1, -0.05) is 114 Å². The number of benzene rings is 3. The summed E-state index contributed by atoms with van der Waals surface area (Å²) in [5.41, 5.74) is -1.59. The molecule has 3 heterocycles. The maximum atomic E-state index is 14.4. The zero-order chi connectivity index (χ0) is 32.1. The van der Waals surface area contributed by atoms with Crippen LogP contribution in [0, 0.1) is 0 Å². The van der Waals surface area contributed by atoms with Crippen molar-refractivity contribution in [3.8, 4) is 0 Å². The van der Waals surface area contributed by atoms with Gasteiger partial charge in [-0.25, -0.2) is 0 Å². The van der Waals surface area contributed by atoms with Crippen molar-refractivity contribution in [2.24, 2.45) is 0 Å². The maximum Gasteiger partial charge on any atom is 0.311 e. The minimum absolute atomic E-state index is 0.00833. The fraction of sp³-hybridized carbons (Fsp3) is 0.161. The number of halogens is 1. The van der Waals surface area contributed by atoms with Crippen molar-refractivity contribution in [1.29, 1.82) is 0 Å². The number of aliphatic hydroxyl groups is 3. The van der Waals surface area contributed by atoms with Gasteiger partial charge in [0.2, 0.25) is 28.7 Å². The minimum atomic E-state index is -3.41. The molecule has 3 aromatic carbocycles. The third-order valence-corrected chi connectivity index (χ3v) is 9.00. The number of hydrogen-bond donors (Lipinski definition) is 4. The van der Waals surface area contributed by atoms with Crippen LogP contribution in [-0.4, -0.2) is 64.5 Å². The molecule has 0 spiro atoms. The summed E-state index contributed by atoms with van der Waals surface area (Å²) in [6.07, 6.45) is -6.63. The van der Waals surface area contributed by atoms with Crippen LogP contribution in [0.5, 0.6) is 0 Å². The molecule has 14 heteroatoms. The second-order valence-electron chi connectivity index (χ2n) is 10.3. The number of aliphatic hydroxyl groups excluding tert-OH is 1. The number of hydrogen-bond acceptors (Lipinski definition) is 12. The fourth-order valence-corrected chi connectivity index (χ4v) is 6.59. The van der Waals surface area contributed by atoms with Crippen LogP contribution in [0.25, 0.3) is 10.3 Å². The van der Waals surface area contributed by atoms with Crippen molar-refractivity contribution in [1.82, 2.24) is 14.5 Å². The fourth-order valence-electron chi connectivity index (χ4n) is 5.48. The van der Waals surface area contributed by atoms with Crippen molar-refractivity contribution in [2.75, 3.05) is 5.73 Å². The van der Waals surface area contributed by atoms with Gasteiger partial charge in [-0.05, 0) is 5.56 Å². The predicted molar refractivity (Wildman–Crippen MR) is 163 cm³/mol. The first-order valence-electron chi connectivity index (χ1n) is 13.4. The van der Waals surface area contributed by atoms with E-state index in [1.165, 1.54) is 60.7 Å². The summed E-state index contributed by atoms with van der Waals surface area (Å²) in [5.74, 6) is -4.19. The van der Waals surface area contributed by atoms with E-state index >= 15 is 0 Å². The molecule has 1 aliphatic rings. The zero-order valence-corrected chi connectivity index (χ0v) is 24.6. The molecule has 0 radical (unpaired) electrons. The third-order valence-electron chi connectivity index (χ3n) is 7.66. The first-order valence-corrected chi connectivity index (χ1v) is 14.6. The van der Waals surface area contributed by atoms with Crippen LogP contribution in [-0.2, 0) is 9.53 Å². The first kappa shape index (κ1) is 30.4. The molecule has 0 aliphatic carbocycles. The quantitative estimate of drug-likeness (QED) is 0.143. The molecule has 0 amide bonds. The van der Waals surface area contributed by atoms with Gasteiger partial charge in [0.1, 0.15) is 10.8 Å². The van der Waals surface area contributed by atoms with E-state index in [0.717, 1.165) is 0 Å². The second-order valence-corrected chi connectivity index (χ2v) is 11.6. The van der Waals surface area contributed by atoms with Gasteiger partial charge >= 0.3 is 4.87 Å². The molecule has 228 valence electrons. The lowest BCUT2D eigenvalue weighted by Gasteiger charge is -2.38. The van der Waals surface area contributed by atoms with E-state index in [1.807, 2.05) is 0 Å². The molecule has 1 saturated heterocycles. The number of ether oxygens (including phenoxy) is 1. The van der Waals surface area contributed by atoms with E-state index in [9.17, 15) is 34.5 Å². The summed E-state index contributed by atoms with van der Waals surface area (Å²) in [6.45, 7) is 0. The Labute approximate surface area is 262 Å². The lowest BCUT2D eigenvalue weighted by atomic mass is 9.69. The molecule has 45 heavy (non-hydrogen) atoms. The molecule has 6 rings (SSSR count). The average Bonchev–Trinajstić information content (AvgIpc) is 3.51. The minimum Gasteiger partial charge on any atom is -0.380 e. The Bertz CT molecular complexity index is 2010. The summed E-state index contributed by atoms with van der Waals surface area (Å²) in [5, 5.41) is 36.1. The molecule has 1 aliphatic heterocycles. The van der Waals surface area contributed by atoms with E-state index in [4.69, 9.17) is 22.1 Å². The normalized spacial score (nSPS) is 23.6. The molecule has 0 bridgehead atoms. The van der Waals surface area contributed by atoms with Crippen molar-refractivity contribution >= 4 is 56.6 Å². The predicted octanol–water partition coefficient (Wildman–Crippen LogP) is 2.52. The van der Waals surface area contributed by atoms with Crippen molar-refractivity contribution < 1.29 is 34.4 Å². The number of aromatic nitrogens is 3. The number of rotatable bonds is 8. The molecule has 5 atom stereocenters. The highest BCUT2D eigenvalue weighted by molar-refractivity contribution is 7.17. The lowest BCUT2D eigenvalue weighted by molar-refractivity contribution is -0.148. The van der Waals surface area contributed by atoms with Crippen LogP contribution in [0.15, 0.2) is 95.8 Å². The molecule has 2 aromatic heterocycles. The Morgan fingerprint density at radius 2 is 1.38 bits per heavy atom. The topological polar surface area (TPSA) is 195 Å². The average molecular weight is 647 g/mol. The smallest absolute Gasteiger partial charge is 0.311 e. The van der Waals surface area contributed by atoms with Gasteiger partial charge in [0.05, 0.1) is 0 Å². The van der Waals surface area contributed by atoms with Crippen LogP contribution in [0.3, 0.4) is 0 Å². The monoisotopic (exact) mass is 646 g/mol. The summed E-state index contributed by atoms with van der Waals surface area (Å²) >= 11 is 6.74. The summed E-state index contributed by atoms with van der Waals surface area (Å²) < 4.78 is 6.65. The summed E-state index contributed by atoms with van der Waals surface area (Å²) in [4.78, 5) is 63.3. The van der Waals surface area contributed by atoms with Gasteiger partial charge in [0.25, 0.3) is 0 Å². The molecule has 12 nitrogen and oxygen atoms in total. The number of fused-ring (bicyclic) bond motifs is 1. The number of anilines is 1. The standard InChI is InChI=1S/C31H23ClN4O8S/c32-25-21-26(35-28(33)34-25)36(29(41)45-21)27-31(43,23(40)18-14-8-3-9-15-18)30(42,22(39)17-12-6-2-7-13-17)24(44-27)20(38)19(37)16-10-4-1-5-11-16/h1-15,19,24,27,37,42-43H,(H2,33,34,35)/t19?,24-,27-,30-,31+/m1/s1. The van der Waals surface area contributed by atoms with Gasteiger partial charge in [0, 0.05) is 11.1 Å². The van der Waals surface area contributed by atoms with Crippen LogP contribution in [0.4, 0.5) is 5.95 Å². The Morgan fingerprint density at radius 3 is 1.93 bits per heavy atom. The number of carbonyl (C=O) groups is 3.